The number of amides is 1. The fourth-order valence-corrected chi connectivity index (χ4v) is 3.18. The van der Waals surface area contributed by atoms with Crippen molar-refractivity contribution in [2.24, 2.45) is 4.99 Å². The molecule has 1 fully saturated rings. The lowest BCUT2D eigenvalue weighted by atomic mass is 10.2. The van der Waals surface area contributed by atoms with Crippen molar-refractivity contribution in [3.8, 4) is 0 Å². The van der Waals surface area contributed by atoms with Gasteiger partial charge in [0.25, 0.3) is 5.91 Å². The molecule has 0 bridgehead atoms. The van der Waals surface area contributed by atoms with Gasteiger partial charge >= 0.3 is 5.97 Å². The molecular weight excluding hydrogens is 338 g/mol. The van der Waals surface area contributed by atoms with Gasteiger partial charge in [0.2, 0.25) is 0 Å². The normalized spacial score (nSPS) is 17.4. The number of likely N-dealkylation sites (N-methyl/N-ethyl adjacent to an activating group) is 1. The molecule has 1 aliphatic rings. The van der Waals surface area contributed by atoms with Crippen molar-refractivity contribution < 1.29 is 14.3 Å². The van der Waals surface area contributed by atoms with Gasteiger partial charge in [-0.1, -0.05) is 12.1 Å². The summed E-state index contributed by atoms with van der Waals surface area (Å²) in [6.07, 6.45) is 5.15. The van der Waals surface area contributed by atoms with Crippen LogP contribution in [0.15, 0.2) is 58.7 Å². The van der Waals surface area contributed by atoms with Gasteiger partial charge in [0.1, 0.15) is 0 Å². The van der Waals surface area contributed by atoms with Crippen LogP contribution in [0, 0.1) is 0 Å². The molecule has 1 aromatic heterocycles. The molecule has 0 aliphatic carbocycles. The lowest BCUT2D eigenvalue weighted by molar-refractivity contribution is -0.121. The van der Waals surface area contributed by atoms with E-state index in [4.69, 9.17) is 4.74 Å². The fourth-order valence-electron chi connectivity index (χ4n) is 2.20. The van der Waals surface area contributed by atoms with Crippen LogP contribution in [0.2, 0.25) is 0 Å². The highest BCUT2D eigenvalue weighted by molar-refractivity contribution is 8.18. The molecule has 0 saturated carbocycles. The third-order valence-corrected chi connectivity index (χ3v) is 4.54. The zero-order chi connectivity index (χ0) is 17.8. The number of carbonyl (C=O) groups excluding carboxylic acids is 2. The molecule has 25 heavy (non-hydrogen) atoms. The first-order chi connectivity index (χ1) is 12.1. The van der Waals surface area contributed by atoms with E-state index in [1.165, 1.54) is 23.8 Å². The van der Waals surface area contributed by atoms with Crippen molar-refractivity contribution >= 4 is 40.6 Å². The fraction of sp³-hybridized carbons (Fsp3) is 0.111. The highest BCUT2D eigenvalue weighted by Crippen LogP contribution is 2.33. The average molecular weight is 353 g/mol. The van der Waals surface area contributed by atoms with Crippen LogP contribution >= 0.6 is 11.8 Å². The van der Waals surface area contributed by atoms with E-state index in [1.807, 2.05) is 12.1 Å². The van der Waals surface area contributed by atoms with Crippen LogP contribution < -0.4 is 0 Å². The average Bonchev–Trinajstić information content (AvgIpc) is 2.90. The number of amidine groups is 1. The molecule has 0 radical (unpaired) electrons. The predicted molar refractivity (Wildman–Crippen MR) is 97.5 cm³/mol. The smallest absolute Gasteiger partial charge is 0.337 e. The Labute approximate surface area is 149 Å². The lowest BCUT2D eigenvalue weighted by Crippen LogP contribution is -2.23. The standard InChI is InChI=1S/C18H15N3O3S/c1-21-16(22)15(9-12-5-4-8-19-11-12)25-18(21)20-14-7-3-6-13(10-14)17(23)24-2/h3-11H,1-2H3. The van der Waals surface area contributed by atoms with Gasteiger partial charge in [0.05, 0.1) is 23.3 Å². The van der Waals surface area contributed by atoms with E-state index < -0.39 is 5.97 Å². The minimum Gasteiger partial charge on any atom is -0.465 e. The van der Waals surface area contributed by atoms with Gasteiger partial charge in [-0.15, -0.1) is 0 Å². The topological polar surface area (TPSA) is 71.9 Å². The number of pyridine rings is 1. The van der Waals surface area contributed by atoms with Crippen LogP contribution in [0.5, 0.6) is 0 Å². The van der Waals surface area contributed by atoms with Crippen molar-refractivity contribution in [3.05, 3.63) is 64.8 Å². The molecule has 0 N–H and O–H groups in total. The van der Waals surface area contributed by atoms with Crippen LogP contribution in [-0.2, 0) is 9.53 Å². The lowest BCUT2D eigenvalue weighted by Gasteiger charge is -2.07. The number of hydrogen-bond donors (Lipinski definition) is 0. The van der Waals surface area contributed by atoms with Crippen LogP contribution in [0.3, 0.4) is 0 Å². The second-order valence-electron chi connectivity index (χ2n) is 5.20. The van der Waals surface area contributed by atoms with E-state index in [-0.39, 0.29) is 5.91 Å². The van der Waals surface area contributed by atoms with E-state index in [2.05, 4.69) is 9.98 Å². The summed E-state index contributed by atoms with van der Waals surface area (Å²) in [6, 6.07) is 10.5. The van der Waals surface area contributed by atoms with Crippen LogP contribution in [-0.4, -0.2) is 41.1 Å². The van der Waals surface area contributed by atoms with E-state index in [0.717, 1.165) is 5.56 Å². The zero-order valence-electron chi connectivity index (χ0n) is 13.7. The summed E-state index contributed by atoms with van der Waals surface area (Å²) in [5.41, 5.74) is 1.83. The molecule has 7 heteroatoms. The molecule has 1 aliphatic heterocycles. The maximum atomic E-state index is 12.4. The maximum absolute atomic E-state index is 12.4. The molecular formula is C18H15N3O3S. The Morgan fingerprint density at radius 2 is 2.16 bits per heavy atom. The Morgan fingerprint density at radius 1 is 1.32 bits per heavy atom. The van der Waals surface area contributed by atoms with Gasteiger partial charge in [0.15, 0.2) is 5.17 Å². The monoisotopic (exact) mass is 353 g/mol. The third-order valence-electron chi connectivity index (χ3n) is 3.48. The number of benzene rings is 1. The minimum absolute atomic E-state index is 0.128. The van der Waals surface area contributed by atoms with Gasteiger partial charge in [0, 0.05) is 19.4 Å². The van der Waals surface area contributed by atoms with Gasteiger partial charge in [-0.05, 0) is 47.7 Å². The number of carbonyl (C=O) groups is 2. The second-order valence-corrected chi connectivity index (χ2v) is 6.21. The van der Waals surface area contributed by atoms with Crippen molar-refractivity contribution in [2.75, 3.05) is 14.2 Å². The molecule has 1 saturated heterocycles. The number of esters is 1. The Morgan fingerprint density at radius 3 is 2.88 bits per heavy atom. The first kappa shape index (κ1) is 16.9. The minimum atomic E-state index is -0.428. The zero-order valence-corrected chi connectivity index (χ0v) is 14.5. The molecule has 126 valence electrons. The summed E-state index contributed by atoms with van der Waals surface area (Å²) in [6.45, 7) is 0. The van der Waals surface area contributed by atoms with E-state index in [9.17, 15) is 9.59 Å². The van der Waals surface area contributed by atoms with Crippen LogP contribution in [0.1, 0.15) is 15.9 Å². The van der Waals surface area contributed by atoms with Crippen molar-refractivity contribution in [2.45, 2.75) is 0 Å². The first-order valence-electron chi connectivity index (χ1n) is 7.43. The van der Waals surface area contributed by atoms with Crippen LogP contribution in [0.25, 0.3) is 6.08 Å². The van der Waals surface area contributed by atoms with E-state index >= 15 is 0 Å². The Kier molecular flexibility index (Phi) is 4.95. The Hall–Kier alpha value is -2.93. The molecule has 6 nitrogen and oxygen atoms in total. The molecule has 0 spiro atoms. The maximum Gasteiger partial charge on any atom is 0.337 e. The van der Waals surface area contributed by atoms with Gasteiger partial charge in [-0.2, -0.15) is 0 Å². The Balaban J connectivity index is 1.88. The molecule has 0 atom stereocenters. The van der Waals surface area contributed by atoms with Crippen molar-refractivity contribution in [3.63, 3.8) is 0 Å². The number of ether oxygens (including phenoxy) is 1. The van der Waals surface area contributed by atoms with Crippen molar-refractivity contribution in [1.29, 1.82) is 0 Å². The highest BCUT2D eigenvalue weighted by atomic mass is 32.2. The quantitative estimate of drug-likeness (QED) is 0.626. The summed E-state index contributed by atoms with van der Waals surface area (Å²) in [4.78, 5) is 34.6. The van der Waals surface area contributed by atoms with Crippen molar-refractivity contribution in [1.82, 2.24) is 9.88 Å². The Bertz CT molecular complexity index is 878. The molecule has 3 rings (SSSR count). The molecule has 1 amide bonds. The first-order valence-corrected chi connectivity index (χ1v) is 8.25. The highest BCUT2D eigenvalue weighted by Gasteiger charge is 2.30. The number of thioether (sulfide) groups is 1. The molecule has 2 heterocycles. The van der Waals surface area contributed by atoms with E-state index in [1.54, 1.807) is 49.8 Å². The third kappa shape index (κ3) is 3.77. The second kappa shape index (κ2) is 7.31. The van der Waals surface area contributed by atoms with Crippen LogP contribution in [0.4, 0.5) is 5.69 Å². The molecule has 0 unspecified atom stereocenters. The van der Waals surface area contributed by atoms with E-state index in [0.29, 0.717) is 21.3 Å². The number of rotatable bonds is 3. The predicted octanol–water partition coefficient (Wildman–Crippen LogP) is 3.10. The number of nitrogens with zero attached hydrogens (tertiary/aromatic N) is 3. The van der Waals surface area contributed by atoms with Gasteiger partial charge in [-0.3, -0.25) is 14.7 Å². The number of hydrogen-bond acceptors (Lipinski definition) is 6. The number of aliphatic imine (C=N–C) groups is 1. The summed E-state index contributed by atoms with van der Waals surface area (Å²) in [5.74, 6) is -0.556. The number of methoxy groups -OCH3 is 1. The summed E-state index contributed by atoms with van der Waals surface area (Å²) >= 11 is 1.28. The summed E-state index contributed by atoms with van der Waals surface area (Å²) in [7, 11) is 3.00. The summed E-state index contributed by atoms with van der Waals surface area (Å²) in [5, 5.41) is 0.544. The summed E-state index contributed by atoms with van der Waals surface area (Å²) < 4.78 is 4.71. The molecule has 1 aromatic carbocycles. The van der Waals surface area contributed by atoms with Gasteiger partial charge < -0.3 is 4.74 Å². The SMILES string of the molecule is COC(=O)c1cccc(N=C2SC(=Cc3cccnc3)C(=O)N2C)c1. The largest absolute Gasteiger partial charge is 0.465 e. The number of aromatic nitrogens is 1. The van der Waals surface area contributed by atoms with Gasteiger partial charge in [-0.25, -0.2) is 9.79 Å². The molecule has 2 aromatic rings.